The second-order valence-corrected chi connectivity index (χ2v) is 6.48. The number of alkyl halides is 3. The van der Waals surface area contributed by atoms with E-state index in [1.807, 2.05) is 0 Å². The zero-order chi connectivity index (χ0) is 21.0. The number of para-hydroxylation sites is 1. The van der Waals surface area contributed by atoms with Crippen molar-refractivity contribution in [2.45, 2.75) is 11.4 Å². The third-order valence-corrected chi connectivity index (χ3v) is 4.38. The Morgan fingerprint density at radius 1 is 1.14 bits per heavy atom. The Kier molecular flexibility index (Phi) is 5.82. The normalized spacial score (nSPS) is 11.3. The maximum absolute atomic E-state index is 13.0. The molecule has 0 spiro atoms. The summed E-state index contributed by atoms with van der Waals surface area (Å²) in [5, 5.41) is 20.4. The van der Waals surface area contributed by atoms with Crippen molar-refractivity contribution in [1.82, 2.24) is 10.2 Å². The third kappa shape index (κ3) is 5.10. The van der Waals surface area contributed by atoms with Crippen LogP contribution in [0.25, 0.3) is 11.5 Å². The highest BCUT2D eigenvalue weighted by Crippen LogP contribution is 2.34. The number of nitrogens with zero attached hydrogens (tertiary/aromatic N) is 3. The molecular formula is C17H11F3N4O4S. The first-order valence-corrected chi connectivity index (χ1v) is 8.90. The van der Waals surface area contributed by atoms with Gasteiger partial charge in [-0.3, -0.25) is 14.9 Å². The van der Waals surface area contributed by atoms with Gasteiger partial charge in [-0.15, -0.1) is 10.2 Å². The van der Waals surface area contributed by atoms with Crippen LogP contribution in [0.15, 0.2) is 58.2 Å². The van der Waals surface area contributed by atoms with Gasteiger partial charge in [0.2, 0.25) is 11.8 Å². The molecule has 150 valence electrons. The molecule has 0 radical (unpaired) electrons. The molecule has 0 fully saturated rings. The van der Waals surface area contributed by atoms with Gasteiger partial charge in [-0.2, -0.15) is 13.2 Å². The number of thioether (sulfide) groups is 1. The lowest BCUT2D eigenvalue weighted by atomic mass is 10.1. The fourth-order valence-corrected chi connectivity index (χ4v) is 2.83. The number of carbonyl (C=O) groups excluding carboxylic acids is 1. The first-order valence-electron chi connectivity index (χ1n) is 7.91. The Bertz CT molecular complexity index is 1040. The summed E-state index contributed by atoms with van der Waals surface area (Å²) in [4.78, 5) is 22.1. The van der Waals surface area contributed by atoms with Crippen LogP contribution in [0.2, 0.25) is 0 Å². The summed E-state index contributed by atoms with van der Waals surface area (Å²) >= 11 is 0.843. The van der Waals surface area contributed by atoms with Crippen LogP contribution >= 0.6 is 11.8 Å². The van der Waals surface area contributed by atoms with Crippen LogP contribution in [0.4, 0.5) is 24.5 Å². The van der Waals surface area contributed by atoms with Crippen LogP contribution in [0.3, 0.4) is 0 Å². The molecule has 0 saturated heterocycles. The summed E-state index contributed by atoms with van der Waals surface area (Å²) in [6.07, 6.45) is -4.59. The van der Waals surface area contributed by atoms with Gasteiger partial charge >= 0.3 is 6.18 Å². The topological polar surface area (TPSA) is 111 Å². The van der Waals surface area contributed by atoms with E-state index in [2.05, 4.69) is 15.5 Å². The van der Waals surface area contributed by atoms with Gasteiger partial charge in [-0.05, 0) is 24.3 Å². The zero-order valence-electron chi connectivity index (χ0n) is 14.3. The molecule has 2 aromatic carbocycles. The number of aromatic nitrogens is 2. The van der Waals surface area contributed by atoms with Gasteiger partial charge in [-0.25, -0.2) is 0 Å². The predicted octanol–water partition coefficient (Wildman–Crippen LogP) is 4.39. The first-order chi connectivity index (χ1) is 13.7. The van der Waals surface area contributed by atoms with E-state index in [-0.39, 0.29) is 28.2 Å². The Labute approximate surface area is 165 Å². The number of hydrogen-bond donors (Lipinski definition) is 1. The average Bonchev–Trinajstić information content (AvgIpc) is 3.15. The van der Waals surface area contributed by atoms with Gasteiger partial charge in [0.15, 0.2) is 0 Å². The van der Waals surface area contributed by atoms with Crippen LogP contribution in [-0.4, -0.2) is 26.8 Å². The van der Waals surface area contributed by atoms with Crippen molar-refractivity contribution in [1.29, 1.82) is 0 Å². The zero-order valence-corrected chi connectivity index (χ0v) is 15.2. The number of rotatable bonds is 6. The number of amides is 1. The van der Waals surface area contributed by atoms with Crippen molar-refractivity contribution < 1.29 is 27.3 Å². The molecule has 1 heterocycles. The highest BCUT2D eigenvalue weighted by atomic mass is 32.2. The second kappa shape index (κ2) is 8.31. The van der Waals surface area contributed by atoms with Crippen LogP contribution in [0, 0.1) is 10.1 Å². The van der Waals surface area contributed by atoms with Crippen LogP contribution < -0.4 is 5.32 Å². The molecule has 8 nitrogen and oxygen atoms in total. The molecule has 0 saturated carbocycles. The minimum Gasteiger partial charge on any atom is -0.411 e. The standard InChI is InChI=1S/C17H11F3N4O4S/c18-17(19,20)12-3-1-2-4-13(12)21-14(25)9-29-16-23-22-15(28-16)10-5-7-11(8-6-10)24(26)27/h1-8H,9H2,(H,21,25). The molecule has 0 aliphatic carbocycles. The smallest absolute Gasteiger partial charge is 0.411 e. The highest BCUT2D eigenvalue weighted by molar-refractivity contribution is 7.99. The van der Waals surface area contributed by atoms with Crippen molar-refractivity contribution in [2.24, 2.45) is 0 Å². The van der Waals surface area contributed by atoms with E-state index < -0.39 is 22.6 Å². The molecule has 0 aliphatic heterocycles. The van der Waals surface area contributed by atoms with Crippen molar-refractivity contribution in [3.63, 3.8) is 0 Å². The molecule has 0 unspecified atom stereocenters. The summed E-state index contributed by atoms with van der Waals surface area (Å²) in [6.45, 7) is 0. The highest BCUT2D eigenvalue weighted by Gasteiger charge is 2.33. The quantitative estimate of drug-likeness (QED) is 0.355. The predicted molar refractivity (Wildman–Crippen MR) is 97.2 cm³/mol. The van der Waals surface area contributed by atoms with Crippen LogP contribution in [0.1, 0.15) is 5.56 Å². The lowest BCUT2D eigenvalue weighted by Gasteiger charge is -2.13. The molecule has 1 N–H and O–H groups in total. The summed E-state index contributed by atoms with van der Waals surface area (Å²) in [7, 11) is 0. The number of non-ortho nitro benzene ring substituents is 1. The van der Waals surface area contributed by atoms with Gasteiger partial charge < -0.3 is 9.73 Å². The van der Waals surface area contributed by atoms with Crippen LogP contribution in [-0.2, 0) is 11.0 Å². The van der Waals surface area contributed by atoms with E-state index in [0.717, 1.165) is 23.9 Å². The Morgan fingerprint density at radius 2 is 1.83 bits per heavy atom. The maximum Gasteiger partial charge on any atom is 0.418 e. The minimum atomic E-state index is -4.59. The summed E-state index contributed by atoms with van der Waals surface area (Å²) < 4.78 is 44.2. The van der Waals surface area contributed by atoms with Crippen molar-refractivity contribution in [3.05, 3.63) is 64.2 Å². The fraction of sp³-hybridized carbons (Fsp3) is 0.118. The number of nitro groups is 1. The van der Waals surface area contributed by atoms with E-state index >= 15 is 0 Å². The van der Waals surface area contributed by atoms with Gasteiger partial charge in [0.25, 0.3) is 10.9 Å². The van der Waals surface area contributed by atoms with Crippen molar-refractivity contribution >= 4 is 29.0 Å². The van der Waals surface area contributed by atoms with Gasteiger partial charge in [-0.1, -0.05) is 23.9 Å². The Morgan fingerprint density at radius 3 is 2.48 bits per heavy atom. The van der Waals surface area contributed by atoms with Crippen molar-refractivity contribution in [2.75, 3.05) is 11.1 Å². The Balaban J connectivity index is 1.61. The van der Waals surface area contributed by atoms with E-state index in [0.29, 0.717) is 5.56 Å². The molecular weight excluding hydrogens is 413 g/mol. The lowest BCUT2D eigenvalue weighted by Crippen LogP contribution is -2.18. The van der Waals surface area contributed by atoms with E-state index in [1.54, 1.807) is 0 Å². The molecule has 1 aromatic heterocycles. The maximum atomic E-state index is 13.0. The number of carbonyl (C=O) groups is 1. The summed E-state index contributed by atoms with van der Waals surface area (Å²) in [5.74, 6) is -0.847. The van der Waals surface area contributed by atoms with Crippen molar-refractivity contribution in [3.8, 4) is 11.5 Å². The number of anilines is 1. The van der Waals surface area contributed by atoms with E-state index in [1.165, 1.54) is 36.4 Å². The second-order valence-electron chi connectivity index (χ2n) is 5.56. The third-order valence-electron chi connectivity index (χ3n) is 3.56. The van der Waals surface area contributed by atoms with Gasteiger partial charge in [0.1, 0.15) is 0 Å². The molecule has 12 heteroatoms. The number of nitro benzene ring substituents is 1. The van der Waals surface area contributed by atoms with E-state index in [4.69, 9.17) is 4.42 Å². The monoisotopic (exact) mass is 424 g/mol. The number of nitrogens with one attached hydrogen (secondary N) is 1. The van der Waals surface area contributed by atoms with Gasteiger partial charge in [0, 0.05) is 17.7 Å². The minimum absolute atomic E-state index is 0.0256. The number of hydrogen-bond acceptors (Lipinski definition) is 7. The number of halogens is 3. The molecule has 29 heavy (non-hydrogen) atoms. The molecule has 1 amide bonds. The SMILES string of the molecule is O=C(CSc1nnc(-c2ccc([N+](=O)[O-])cc2)o1)Nc1ccccc1C(F)(F)F. The molecule has 0 aliphatic rings. The lowest BCUT2D eigenvalue weighted by molar-refractivity contribution is -0.384. The number of benzene rings is 2. The fourth-order valence-electron chi connectivity index (χ4n) is 2.26. The average molecular weight is 424 g/mol. The van der Waals surface area contributed by atoms with E-state index in [9.17, 15) is 28.1 Å². The molecule has 0 bridgehead atoms. The molecule has 3 rings (SSSR count). The van der Waals surface area contributed by atoms with Gasteiger partial charge in [0.05, 0.1) is 21.9 Å². The van der Waals surface area contributed by atoms with Crippen LogP contribution in [0.5, 0.6) is 0 Å². The summed E-state index contributed by atoms with van der Waals surface area (Å²) in [6, 6.07) is 10.1. The first kappa shape index (κ1) is 20.3. The Hall–Kier alpha value is -3.41. The molecule has 0 atom stereocenters. The largest absolute Gasteiger partial charge is 0.418 e. The molecule has 3 aromatic rings. The summed E-state index contributed by atoms with van der Waals surface area (Å²) in [5.41, 5.74) is -0.948.